The van der Waals surface area contributed by atoms with E-state index in [1.165, 1.54) is 32.1 Å². The van der Waals surface area contributed by atoms with Gasteiger partial charge in [0, 0.05) is 12.0 Å². The van der Waals surface area contributed by atoms with E-state index in [0.29, 0.717) is 5.92 Å². The molecule has 0 spiro atoms. The van der Waals surface area contributed by atoms with Gasteiger partial charge in [-0.15, -0.1) is 0 Å². The van der Waals surface area contributed by atoms with Crippen molar-refractivity contribution in [3.05, 3.63) is 0 Å². The quantitative estimate of drug-likeness (QED) is 0.577. The third-order valence-electron chi connectivity index (χ3n) is 5.21. The van der Waals surface area contributed by atoms with Crippen LogP contribution in [0.25, 0.3) is 0 Å². The fourth-order valence-corrected chi connectivity index (χ4v) is 3.84. The first-order valence-corrected chi connectivity index (χ1v) is 9.00. The maximum atomic E-state index is 11.7. The molecule has 0 aromatic carbocycles. The second-order valence-corrected chi connectivity index (χ2v) is 6.93. The highest BCUT2D eigenvalue weighted by Gasteiger charge is 2.35. The Kier molecular flexibility index (Phi) is 8.50. The van der Waals surface area contributed by atoms with E-state index in [2.05, 4.69) is 37.5 Å². The summed E-state index contributed by atoms with van der Waals surface area (Å²) in [6.07, 6.45) is 7.17. The molecule has 21 heavy (non-hydrogen) atoms. The third-order valence-corrected chi connectivity index (χ3v) is 5.21. The van der Waals surface area contributed by atoms with Crippen LogP contribution >= 0.6 is 0 Å². The highest BCUT2D eigenvalue weighted by Crippen LogP contribution is 2.38. The summed E-state index contributed by atoms with van der Waals surface area (Å²) in [7, 11) is 0. The fourth-order valence-electron chi connectivity index (χ4n) is 3.84. The molecule has 3 heteroatoms. The first-order valence-electron chi connectivity index (χ1n) is 9.00. The number of carbonyl (C=O) groups is 1. The third kappa shape index (κ3) is 6.07. The van der Waals surface area contributed by atoms with Gasteiger partial charge < -0.3 is 14.6 Å². The Labute approximate surface area is 132 Å². The summed E-state index contributed by atoms with van der Waals surface area (Å²) in [5, 5.41) is 0. The summed E-state index contributed by atoms with van der Waals surface area (Å²) >= 11 is 0. The maximum Gasteiger partial charge on any atom is 0.127 e. The highest BCUT2D eigenvalue weighted by molar-refractivity contribution is 5.60. The van der Waals surface area contributed by atoms with Crippen LogP contribution in [0.5, 0.6) is 0 Å². The van der Waals surface area contributed by atoms with E-state index >= 15 is 0 Å². The molecule has 0 saturated heterocycles. The topological polar surface area (TPSA) is 23.6 Å². The lowest BCUT2D eigenvalue weighted by molar-refractivity contribution is -0.120. The minimum absolute atomic E-state index is 0.0666. The number of hydrogen-bond acceptors (Lipinski definition) is 3. The first kappa shape index (κ1) is 18.6. The smallest absolute Gasteiger partial charge is 0.127 e. The van der Waals surface area contributed by atoms with Gasteiger partial charge in [0.05, 0.1) is 0 Å². The average molecular weight is 296 g/mol. The van der Waals surface area contributed by atoms with Crippen molar-refractivity contribution in [3.8, 4) is 0 Å². The maximum absolute atomic E-state index is 11.7. The van der Waals surface area contributed by atoms with Crippen LogP contribution in [0.1, 0.15) is 59.8 Å². The predicted octanol–water partition coefficient (Wildman–Crippen LogP) is 3.44. The van der Waals surface area contributed by atoms with Crippen molar-refractivity contribution in [1.29, 1.82) is 0 Å². The van der Waals surface area contributed by atoms with Crippen molar-refractivity contribution in [1.82, 2.24) is 9.80 Å². The normalized spacial score (nSPS) is 26.5. The van der Waals surface area contributed by atoms with Gasteiger partial charge in [0.1, 0.15) is 6.29 Å². The molecule has 0 aliphatic heterocycles. The molecule has 0 N–H and O–H groups in total. The molecular weight excluding hydrogens is 260 g/mol. The van der Waals surface area contributed by atoms with Crippen molar-refractivity contribution in [2.75, 3.05) is 39.3 Å². The van der Waals surface area contributed by atoms with Crippen molar-refractivity contribution < 1.29 is 4.79 Å². The lowest BCUT2D eigenvalue weighted by atomic mass is 9.70. The molecule has 1 saturated carbocycles. The zero-order valence-electron chi connectivity index (χ0n) is 14.7. The van der Waals surface area contributed by atoms with Crippen LogP contribution in [0.2, 0.25) is 0 Å². The van der Waals surface area contributed by atoms with E-state index in [4.69, 9.17) is 0 Å². The molecule has 1 aliphatic carbocycles. The van der Waals surface area contributed by atoms with Crippen LogP contribution < -0.4 is 0 Å². The second-order valence-electron chi connectivity index (χ2n) is 6.93. The van der Waals surface area contributed by atoms with Crippen molar-refractivity contribution >= 4 is 6.29 Å². The molecule has 2 atom stereocenters. The van der Waals surface area contributed by atoms with Crippen LogP contribution in [0.15, 0.2) is 0 Å². The van der Waals surface area contributed by atoms with E-state index in [0.717, 1.165) is 45.6 Å². The highest BCUT2D eigenvalue weighted by atomic mass is 16.1. The van der Waals surface area contributed by atoms with Crippen molar-refractivity contribution in [3.63, 3.8) is 0 Å². The van der Waals surface area contributed by atoms with Crippen LogP contribution in [0.3, 0.4) is 0 Å². The monoisotopic (exact) mass is 296 g/mol. The zero-order chi connectivity index (χ0) is 15.7. The summed E-state index contributed by atoms with van der Waals surface area (Å²) in [4.78, 5) is 16.7. The summed E-state index contributed by atoms with van der Waals surface area (Å²) in [6.45, 7) is 15.6. The second kappa shape index (κ2) is 9.58. The molecule has 0 aromatic heterocycles. The van der Waals surface area contributed by atoms with E-state index in [1.807, 2.05) is 0 Å². The van der Waals surface area contributed by atoms with Crippen LogP contribution in [0, 0.1) is 11.3 Å². The fraction of sp³-hybridized carbons (Fsp3) is 0.944. The molecule has 2 unspecified atom stereocenters. The molecule has 0 radical (unpaired) electrons. The van der Waals surface area contributed by atoms with Crippen LogP contribution in [-0.2, 0) is 4.79 Å². The van der Waals surface area contributed by atoms with E-state index in [9.17, 15) is 4.79 Å². The standard InChI is InChI=1S/C18H36N2O/c1-5-19(6-2)12-9-13-20(7-3)15-18(16-21)11-8-10-17(4)14-18/h16-17H,5-15H2,1-4H3. The Balaban J connectivity index is 2.46. The Bertz CT molecular complexity index is 291. The van der Waals surface area contributed by atoms with Crippen LogP contribution in [0.4, 0.5) is 0 Å². The van der Waals surface area contributed by atoms with Gasteiger partial charge in [-0.05, 0) is 57.9 Å². The summed E-state index contributed by atoms with van der Waals surface area (Å²) in [5.74, 6) is 0.707. The van der Waals surface area contributed by atoms with Gasteiger partial charge in [-0.3, -0.25) is 0 Å². The molecule has 1 aliphatic rings. The van der Waals surface area contributed by atoms with Crippen LogP contribution in [-0.4, -0.2) is 55.4 Å². The number of carbonyl (C=O) groups excluding carboxylic acids is 1. The molecule has 0 amide bonds. The van der Waals surface area contributed by atoms with Gasteiger partial charge in [-0.1, -0.05) is 40.5 Å². The molecular formula is C18H36N2O. The van der Waals surface area contributed by atoms with Gasteiger partial charge in [0.25, 0.3) is 0 Å². The lowest BCUT2D eigenvalue weighted by Gasteiger charge is -2.39. The number of rotatable bonds is 10. The average Bonchev–Trinajstić information content (AvgIpc) is 2.50. The Morgan fingerprint density at radius 2 is 1.71 bits per heavy atom. The van der Waals surface area contributed by atoms with Gasteiger partial charge in [0.2, 0.25) is 0 Å². The van der Waals surface area contributed by atoms with Gasteiger partial charge in [-0.25, -0.2) is 0 Å². The summed E-state index contributed by atoms with van der Waals surface area (Å²) < 4.78 is 0. The SMILES string of the molecule is CCN(CC)CCCN(CC)CC1(C=O)CCCC(C)C1. The molecule has 3 nitrogen and oxygen atoms in total. The molecule has 0 heterocycles. The minimum Gasteiger partial charge on any atom is -0.304 e. The van der Waals surface area contributed by atoms with Gasteiger partial charge >= 0.3 is 0 Å². The number of hydrogen-bond donors (Lipinski definition) is 0. The molecule has 1 fully saturated rings. The Morgan fingerprint density at radius 3 is 2.24 bits per heavy atom. The first-order chi connectivity index (χ1) is 10.1. The Hall–Kier alpha value is -0.410. The Morgan fingerprint density at radius 1 is 1.10 bits per heavy atom. The largest absolute Gasteiger partial charge is 0.304 e. The predicted molar refractivity (Wildman–Crippen MR) is 90.6 cm³/mol. The minimum atomic E-state index is -0.0666. The summed E-state index contributed by atoms with van der Waals surface area (Å²) in [6, 6.07) is 0. The molecule has 124 valence electrons. The van der Waals surface area contributed by atoms with E-state index < -0.39 is 0 Å². The molecule has 0 aromatic rings. The van der Waals surface area contributed by atoms with E-state index in [-0.39, 0.29) is 5.41 Å². The zero-order valence-corrected chi connectivity index (χ0v) is 14.7. The lowest BCUT2D eigenvalue weighted by Crippen LogP contribution is -2.42. The van der Waals surface area contributed by atoms with E-state index in [1.54, 1.807) is 0 Å². The number of aldehydes is 1. The molecule has 0 bridgehead atoms. The summed E-state index contributed by atoms with van der Waals surface area (Å²) in [5.41, 5.74) is -0.0666. The van der Waals surface area contributed by atoms with Gasteiger partial charge in [0.15, 0.2) is 0 Å². The number of nitrogens with zero attached hydrogens (tertiary/aromatic N) is 2. The van der Waals surface area contributed by atoms with Crippen molar-refractivity contribution in [2.24, 2.45) is 11.3 Å². The molecule has 1 rings (SSSR count). The van der Waals surface area contributed by atoms with Gasteiger partial charge in [-0.2, -0.15) is 0 Å². The van der Waals surface area contributed by atoms with Crippen molar-refractivity contribution in [2.45, 2.75) is 59.8 Å².